The Morgan fingerprint density at radius 3 is 1.40 bits per heavy atom. The van der Waals surface area contributed by atoms with Crippen LogP contribution in [0, 0.1) is 52.0 Å². The molecule has 0 heterocycles. The number of benzene rings is 5. The lowest BCUT2D eigenvalue weighted by Crippen LogP contribution is -2.34. The molecule has 5 aromatic carbocycles. The number of amides is 3. The Bertz CT molecular complexity index is 2570. The first-order valence-electron chi connectivity index (χ1n) is 19.1. The lowest BCUT2D eigenvalue weighted by atomic mass is 9.82. The Kier molecular flexibility index (Phi) is 13.5. The van der Waals surface area contributed by atoms with E-state index >= 15 is 35.1 Å². The van der Waals surface area contributed by atoms with Crippen molar-refractivity contribution in [1.29, 1.82) is 0 Å². The predicted octanol–water partition coefficient (Wildman–Crippen LogP) is 11.5. The highest BCUT2D eigenvalue weighted by atomic mass is 19.2. The minimum absolute atomic E-state index is 0.0284. The van der Waals surface area contributed by atoms with E-state index in [9.17, 15) is 24.3 Å². The van der Waals surface area contributed by atoms with E-state index < -0.39 is 103 Å². The second-order valence-electron chi connectivity index (χ2n) is 15.2. The number of ketones is 1. The number of nitrogens with one attached hydrogen (secondary N) is 4. The van der Waals surface area contributed by atoms with E-state index in [0.717, 1.165) is 18.2 Å². The van der Waals surface area contributed by atoms with Crippen LogP contribution in [0.5, 0.6) is 5.75 Å². The zero-order valence-electron chi connectivity index (χ0n) is 34.1. The molecule has 0 aliphatic rings. The average molecular weight is 869 g/mol. The number of rotatable bonds is 14. The number of Topliss-reactive ketones (excluding diaryl/α,β-unsaturated/α-hetero) is 1. The van der Waals surface area contributed by atoms with Crippen molar-refractivity contribution in [2.45, 2.75) is 66.3 Å². The fraction of sp³-hybridized carbons (Fsp3) is 0.244. The van der Waals surface area contributed by atoms with Gasteiger partial charge in [-0.15, -0.1) is 0 Å². The van der Waals surface area contributed by atoms with Crippen molar-refractivity contribution in [3.05, 3.63) is 136 Å². The maximum absolute atomic E-state index is 15.4. The van der Waals surface area contributed by atoms with E-state index in [1.807, 2.05) is 6.92 Å². The number of carbonyl (C=O) groups is 4. The topological polar surface area (TPSA) is 137 Å². The van der Waals surface area contributed by atoms with E-state index in [0.29, 0.717) is 12.0 Å². The van der Waals surface area contributed by atoms with Crippen LogP contribution < -0.4 is 21.3 Å². The van der Waals surface area contributed by atoms with Crippen LogP contribution in [0.3, 0.4) is 0 Å². The number of phenols is 1. The molecule has 0 fully saturated rings. The molecule has 17 heteroatoms. The highest BCUT2D eigenvalue weighted by Gasteiger charge is 2.36. The summed E-state index contributed by atoms with van der Waals surface area (Å²) in [5.41, 5.74) is -9.48. The molecule has 62 heavy (non-hydrogen) atoms. The number of aromatic hydroxyl groups is 1. The maximum Gasteiger partial charge on any atom is 0.255 e. The molecular weight excluding hydrogens is 829 g/mol. The summed E-state index contributed by atoms with van der Waals surface area (Å²) in [6.07, 6.45) is 1.00. The Morgan fingerprint density at radius 1 is 0.516 bits per heavy atom. The van der Waals surface area contributed by atoms with Gasteiger partial charge in [0.1, 0.15) is 17.1 Å². The second-order valence-corrected chi connectivity index (χ2v) is 15.2. The summed E-state index contributed by atoms with van der Waals surface area (Å²) in [6.45, 7) is 10.1. The van der Waals surface area contributed by atoms with E-state index in [4.69, 9.17) is 0 Å². The quantitative estimate of drug-likeness (QED) is 0.0248. The van der Waals surface area contributed by atoms with Crippen LogP contribution in [0.2, 0.25) is 0 Å². The monoisotopic (exact) mass is 868 g/mol. The van der Waals surface area contributed by atoms with Crippen molar-refractivity contribution in [1.82, 2.24) is 0 Å². The van der Waals surface area contributed by atoms with Gasteiger partial charge in [-0.25, -0.2) is 35.1 Å². The zero-order chi connectivity index (χ0) is 46.0. The maximum atomic E-state index is 15.4. The van der Waals surface area contributed by atoms with Crippen molar-refractivity contribution in [2.24, 2.45) is 5.41 Å². The van der Waals surface area contributed by atoms with Crippen LogP contribution in [0.4, 0.5) is 57.9 Å². The van der Waals surface area contributed by atoms with Crippen LogP contribution >= 0.6 is 0 Å². The lowest BCUT2D eigenvalue weighted by molar-refractivity contribution is 0.0832. The van der Waals surface area contributed by atoms with Crippen LogP contribution in [0.15, 0.2) is 66.7 Å². The lowest BCUT2D eigenvalue weighted by Gasteiger charge is -2.30. The molecule has 0 spiro atoms. The molecule has 5 N–H and O–H groups in total. The summed E-state index contributed by atoms with van der Waals surface area (Å²) in [7, 11) is 0. The van der Waals surface area contributed by atoms with Crippen molar-refractivity contribution in [2.75, 3.05) is 21.3 Å². The fourth-order valence-corrected chi connectivity index (χ4v) is 6.10. The molecule has 0 aliphatic carbocycles. The minimum Gasteiger partial charge on any atom is -0.506 e. The van der Waals surface area contributed by atoms with Crippen LogP contribution in [-0.4, -0.2) is 34.2 Å². The molecule has 0 aromatic heterocycles. The smallest absolute Gasteiger partial charge is 0.255 e. The van der Waals surface area contributed by atoms with Gasteiger partial charge in [0, 0.05) is 38.9 Å². The third kappa shape index (κ3) is 9.11. The van der Waals surface area contributed by atoms with E-state index in [1.54, 1.807) is 39.1 Å². The third-order valence-electron chi connectivity index (χ3n) is 10.8. The summed E-state index contributed by atoms with van der Waals surface area (Å²) in [5, 5.41) is 19.4. The van der Waals surface area contributed by atoms with Crippen molar-refractivity contribution >= 4 is 46.3 Å². The van der Waals surface area contributed by atoms with Gasteiger partial charge in [-0.1, -0.05) is 52.8 Å². The third-order valence-corrected chi connectivity index (χ3v) is 10.8. The van der Waals surface area contributed by atoms with E-state index in [1.165, 1.54) is 49.4 Å². The molecule has 5 rings (SSSR count). The first-order valence-corrected chi connectivity index (χ1v) is 19.1. The van der Waals surface area contributed by atoms with Gasteiger partial charge in [0.15, 0.2) is 52.3 Å². The first kappa shape index (κ1) is 46.3. The largest absolute Gasteiger partial charge is 0.506 e. The van der Waals surface area contributed by atoms with Gasteiger partial charge in [-0.3, -0.25) is 19.2 Å². The van der Waals surface area contributed by atoms with Crippen LogP contribution in [-0.2, 0) is 0 Å². The number of carbonyl (C=O) groups excluding carboxylic acids is 4. The highest BCUT2D eigenvalue weighted by molar-refractivity contribution is 6.10. The molecule has 3 amide bonds. The Hall–Kier alpha value is -6.78. The van der Waals surface area contributed by atoms with Crippen molar-refractivity contribution in [3.8, 4) is 16.9 Å². The number of hydrogen-bond donors (Lipinski definition) is 5. The van der Waals surface area contributed by atoms with Gasteiger partial charge in [0.2, 0.25) is 0 Å². The summed E-state index contributed by atoms with van der Waals surface area (Å²) in [6, 6.07) is 14.0. The molecule has 0 saturated heterocycles. The summed E-state index contributed by atoms with van der Waals surface area (Å²) >= 11 is 0. The van der Waals surface area contributed by atoms with Crippen LogP contribution in [0.1, 0.15) is 102 Å². The molecule has 0 unspecified atom stereocenters. The molecule has 9 nitrogen and oxygen atoms in total. The highest BCUT2D eigenvalue weighted by Crippen LogP contribution is 2.41. The Balaban J connectivity index is 1.36. The molecule has 326 valence electrons. The molecule has 0 atom stereocenters. The average Bonchev–Trinajstić information content (AvgIpc) is 3.27. The fourth-order valence-electron chi connectivity index (χ4n) is 6.10. The van der Waals surface area contributed by atoms with E-state index in [-0.39, 0.29) is 46.9 Å². The molecule has 0 aliphatic heterocycles. The van der Waals surface area contributed by atoms with Crippen molar-refractivity contribution < 1.29 is 59.4 Å². The molecule has 0 bridgehead atoms. The van der Waals surface area contributed by atoms with Crippen LogP contribution in [0.25, 0.3) is 11.1 Å². The summed E-state index contributed by atoms with van der Waals surface area (Å²) < 4.78 is 122. The van der Waals surface area contributed by atoms with Gasteiger partial charge >= 0.3 is 0 Å². The summed E-state index contributed by atoms with van der Waals surface area (Å²) in [4.78, 5) is 52.4. The van der Waals surface area contributed by atoms with Gasteiger partial charge in [-0.2, -0.15) is 0 Å². The number of halogens is 8. The normalized spacial score (nSPS) is 11.6. The number of hydrogen-bond acceptors (Lipinski definition) is 6. The molecule has 0 saturated carbocycles. The minimum atomic E-state index is -2.50. The van der Waals surface area contributed by atoms with Gasteiger partial charge < -0.3 is 26.4 Å². The predicted molar refractivity (Wildman–Crippen MR) is 217 cm³/mol. The van der Waals surface area contributed by atoms with Gasteiger partial charge in [0.05, 0.1) is 16.8 Å². The number of anilines is 4. The van der Waals surface area contributed by atoms with E-state index in [2.05, 4.69) is 16.0 Å². The summed E-state index contributed by atoms with van der Waals surface area (Å²) in [5.74, 6) is -22.3. The Morgan fingerprint density at radius 2 is 0.935 bits per heavy atom. The molecule has 5 aromatic rings. The SMILES string of the molecule is CCC(C)(CC)Nc1c(F)c(F)c(-c2c(F)c(F)c(NC(=O)c3cccc(C(=O)Nc4ccc(O)c(NC(=O)c5cccc(C(=O)C(C)(C)CC)c5)c4)c3)c(F)c2F)c(F)c1F. The molecule has 0 radical (unpaired) electrons. The van der Waals surface area contributed by atoms with Crippen molar-refractivity contribution in [3.63, 3.8) is 0 Å². The molecular formula is C45H40F8N4O5. The second kappa shape index (κ2) is 18.1. The standard InChI is InChI=1S/C45H40F8N4O5/c1-7-44(4,5)40(59)21-12-10-13-22(18-21)42(61)55-26-20-25(16-17-27(26)58)54-41(60)23-14-11-15-24(19-23)43(62)56-38-34(50)30(46)28(31(47)35(38)51)29-32(48)36(52)39(37(53)33(29)49)57-45(6,8-2)9-3/h10-20,57-58H,7-9H2,1-6H3,(H,54,60)(H,55,61)(H,56,62). The van der Waals surface area contributed by atoms with Gasteiger partial charge in [0.25, 0.3) is 17.7 Å². The Labute approximate surface area is 350 Å². The number of phenolic OH excluding ortho intramolecular Hbond substituents is 1. The van der Waals surface area contributed by atoms with Gasteiger partial charge in [-0.05, 0) is 74.7 Å². The zero-order valence-corrected chi connectivity index (χ0v) is 34.1. The first-order chi connectivity index (χ1) is 29.1.